The van der Waals surface area contributed by atoms with Crippen LogP contribution in [0.1, 0.15) is 31.4 Å². The van der Waals surface area contributed by atoms with Crippen molar-refractivity contribution < 1.29 is 0 Å². The van der Waals surface area contributed by atoms with Crippen molar-refractivity contribution >= 4 is 0 Å². The molecule has 1 aliphatic carbocycles. The van der Waals surface area contributed by atoms with Gasteiger partial charge in [0.15, 0.2) is 0 Å². The first-order chi connectivity index (χ1) is 7.86. The molecular formula is C14H22N2. The van der Waals surface area contributed by atoms with E-state index in [4.69, 9.17) is 0 Å². The van der Waals surface area contributed by atoms with Crippen LogP contribution in [0.4, 0.5) is 0 Å². The third-order valence-corrected chi connectivity index (χ3v) is 3.36. The first kappa shape index (κ1) is 11.6. The molecule has 1 N–H and O–H groups in total. The van der Waals surface area contributed by atoms with Gasteiger partial charge in [0.05, 0.1) is 0 Å². The Kier molecular flexibility index (Phi) is 3.97. The second kappa shape index (κ2) is 5.46. The van der Waals surface area contributed by atoms with Crippen molar-refractivity contribution in [1.29, 1.82) is 0 Å². The molecule has 2 nitrogen and oxygen atoms in total. The first-order valence-corrected chi connectivity index (χ1v) is 6.32. The molecule has 0 heterocycles. The molecular weight excluding hydrogens is 196 g/mol. The van der Waals surface area contributed by atoms with Crippen LogP contribution in [-0.4, -0.2) is 31.1 Å². The number of hydrogen-bond donors (Lipinski definition) is 1. The van der Waals surface area contributed by atoms with Crippen LogP contribution in [0.5, 0.6) is 0 Å². The monoisotopic (exact) mass is 218 g/mol. The van der Waals surface area contributed by atoms with Gasteiger partial charge < -0.3 is 5.32 Å². The van der Waals surface area contributed by atoms with Gasteiger partial charge in [-0.05, 0) is 32.0 Å². The Balaban J connectivity index is 2.15. The summed E-state index contributed by atoms with van der Waals surface area (Å²) >= 11 is 0. The molecule has 1 unspecified atom stereocenters. The molecule has 1 aromatic carbocycles. The average Bonchev–Trinajstić information content (AvgIpc) is 3.15. The maximum Gasteiger partial charge on any atom is 0.0475 e. The van der Waals surface area contributed by atoms with E-state index < -0.39 is 0 Å². The van der Waals surface area contributed by atoms with E-state index in [-0.39, 0.29) is 0 Å². The van der Waals surface area contributed by atoms with E-state index in [1.165, 1.54) is 18.4 Å². The summed E-state index contributed by atoms with van der Waals surface area (Å²) < 4.78 is 0. The lowest BCUT2D eigenvalue weighted by atomic mass is 10.0. The molecule has 1 aliphatic rings. The van der Waals surface area contributed by atoms with Gasteiger partial charge in [0.25, 0.3) is 0 Å². The molecule has 2 heteroatoms. The van der Waals surface area contributed by atoms with Crippen molar-refractivity contribution in [3.8, 4) is 0 Å². The quantitative estimate of drug-likeness (QED) is 0.789. The van der Waals surface area contributed by atoms with Crippen LogP contribution in [0.2, 0.25) is 0 Å². The zero-order chi connectivity index (χ0) is 11.4. The maximum absolute atomic E-state index is 3.32. The van der Waals surface area contributed by atoms with Gasteiger partial charge in [-0.15, -0.1) is 0 Å². The second-order valence-electron chi connectivity index (χ2n) is 4.55. The molecule has 0 aliphatic heterocycles. The molecule has 0 saturated heterocycles. The van der Waals surface area contributed by atoms with Crippen LogP contribution in [0.3, 0.4) is 0 Å². The molecule has 0 bridgehead atoms. The summed E-state index contributed by atoms with van der Waals surface area (Å²) in [5.74, 6) is 0. The molecule has 1 aromatic rings. The van der Waals surface area contributed by atoms with Crippen LogP contribution >= 0.6 is 0 Å². The van der Waals surface area contributed by atoms with E-state index >= 15 is 0 Å². The third-order valence-electron chi connectivity index (χ3n) is 3.36. The summed E-state index contributed by atoms with van der Waals surface area (Å²) in [6, 6.07) is 12.2. The van der Waals surface area contributed by atoms with Crippen molar-refractivity contribution in [2.24, 2.45) is 0 Å². The standard InChI is InChI=1S/C14H22N2/c1-3-16(13-9-10-13)14(11-15-2)12-7-5-4-6-8-12/h4-8,13-15H,3,9-11H2,1-2H3. The van der Waals surface area contributed by atoms with Gasteiger partial charge in [-0.2, -0.15) is 0 Å². The van der Waals surface area contributed by atoms with Gasteiger partial charge in [-0.3, -0.25) is 4.90 Å². The smallest absolute Gasteiger partial charge is 0.0475 e. The van der Waals surface area contributed by atoms with E-state index in [9.17, 15) is 0 Å². The molecule has 0 amide bonds. The second-order valence-corrected chi connectivity index (χ2v) is 4.55. The largest absolute Gasteiger partial charge is 0.318 e. The molecule has 88 valence electrons. The number of nitrogens with zero attached hydrogens (tertiary/aromatic N) is 1. The molecule has 1 fully saturated rings. The van der Waals surface area contributed by atoms with Crippen LogP contribution in [0.25, 0.3) is 0 Å². The predicted octanol–water partition coefficient (Wildman–Crippen LogP) is 2.43. The fourth-order valence-corrected chi connectivity index (χ4v) is 2.43. The SMILES string of the molecule is CCN(C1CC1)C(CNC)c1ccccc1. The molecule has 0 radical (unpaired) electrons. The highest BCUT2D eigenvalue weighted by atomic mass is 15.2. The maximum atomic E-state index is 3.32. The van der Waals surface area contributed by atoms with E-state index in [2.05, 4.69) is 47.5 Å². The van der Waals surface area contributed by atoms with Crippen LogP contribution in [-0.2, 0) is 0 Å². The number of hydrogen-bond acceptors (Lipinski definition) is 2. The van der Waals surface area contributed by atoms with E-state index in [1.54, 1.807) is 0 Å². The minimum Gasteiger partial charge on any atom is -0.318 e. The molecule has 1 saturated carbocycles. The van der Waals surface area contributed by atoms with Crippen molar-refractivity contribution in [1.82, 2.24) is 10.2 Å². The van der Waals surface area contributed by atoms with Crippen LogP contribution in [0.15, 0.2) is 30.3 Å². The summed E-state index contributed by atoms with van der Waals surface area (Å²) in [6.07, 6.45) is 2.75. The highest BCUT2D eigenvalue weighted by Gasteiger charge is 2.32. The van der Waals surface area contributed by atoms with E-state index in [0.717, 1.165) is 19.1 Å². The summed E-state index contributed by atoms with van der Waals surface area (Å²) in [5, 5.41) is 3.32. The van der Waals surface area contributed by atoms with Gasteiger partial charge in [-0.25, -0.2) is 0 Å². The fraction of sp³-hybridized carbons (Fsp3) is 0.571. The number of rotatable bonds is 6. The Hall–Kier alpha value is -0.860. The van der Waals surface area contributed by atoms with Crippen molar-refractivity contribution in [3.05, 3.63) is 35.9 Å². The van der Waals surface area contributed by atoms with Gasteiger partial charge >= 0.3 is 0 Å². The first-order valence-electron chi connectivity index (χ1n) is 6.32. The lowest BCUT2D eigenvalue weighted by Gasteiger charge is -2.31. The number of nitrogens with one attached hydrogen (secondary N) is 1. The summed E-state index contributed by atoms with van der Waals surface area (Å²) in [5.41, 5.74) is 1.44. The van der Waals surface area contributed by atoms with Crippen molar-refractivity contribution in [3.63, 3.8) is 0 Å². The minimum atomic E-state index is 0.531. The molecule has 1 atom stereocenters. The van der Waals surface area contributed by atoms with Crippen molar-refractivity contribution in [2.75, 3.05) is 20.1 Å². The lowest BCUT2D eigenvalue weighted by Crippen LogP contribution is -2.36. The average molecular weight is 218 g/mol. The lowest BCUT2D eigenvalue weighted by molar-refractivity contribution is 0.195. The third kappa shape index (κ3) is 2.63. The fourth-order valence-electron chi connectivity index (χ4n) is 2.43. The Bertz CT molecular complexity index is 306. The summed E-state index contributed by atoms with van der Waals surface area (Å²) in [6.45, 7) is 4.45. The Morgan fingerprint density at radius 2 is 2.00 bits per heavy atom. The number of benzene rings is 1. The normalized spacial score (nSPS) is 17.7. The molecule has 0 spiro atoms. The predicted molar refractivity (Wildman–Crippen MR) is 68.5 cm³/mol. The van der Waals surface area contributed by atoms with Gasteiger partial charge in [-0.1, -0.05) is 37.3 Å². The van der Waals surface area contributed by atoms with Crippen molar-refractivity contribution in [2.45, 2.75) is 31.8 Å². The summed E-state index contributed by atoms with van der Waals surface area (Å²) in [4.78, 5) is 2.63. The molecule has 0 aromatic heterocycles. The zero-order valence-corrected chi connectivity index (χ0v) is 10.3. The van der Waals surface area contributed by atoms with E-state index in [0.29, 0.717) is 6.04 Å². The van der Waals surface area contributed by atoms with Gasteiger partial charge in [0.2, 0.25) is 0 Å². The van der Waals surface area contributed by atoms with Gasteiger partial charge in [0.1, 0.15) is 0 Å². The van der Waals surface area contributed by atoms with Crippen LogP contribution in [0, 0.1) is 0 Å². The summed E-state index contributed by atoms with van der Waals surface area (Å²) in [7, 11) is 2.04. The highest BCUT2D eigenvalue weighted by molar-refractivity contribution is 5.20. The Morgan fingerprint density at radius 1 is 1.31 bits per heavy atom. The van der Waals surface area contributed by atoms with Crippen LogP contribution < -0.4 is 5.32 Å². The van der Waals surface area contributed by atoms with E-state index in [1.807, 2.05) is 7.05 Å². The number of likely N-dealkylation sites (N-methyl/N-ethyl adjacent to an activating group) is 2. The molecule has 2 rings (SSSR count). The zero-order valence-electron chi connectivity index (χ0n) is 10.3. The van der Waals surface area contributed by atoms with Gasteiger partial charge in [0, 0.05) is 18.6 Å². The molecule has 16 heavy (non-hydrogen) atoms. The highest BCUT2D eigenvalue weighted by Crippen LogP contribution is 2.33. The topological polar surface area (TPSA) is 15.3 Å². The minimum absolute atomic E-state index is 0.531. The Morgan fingerprint density at radius 3 is 2.50 bits per heavy atom. The Labute approximate surface area is 98.7 Å².